The van der Waals surface area contributed by atoms with Gasteiger partial charge >= 0.3 is 71.1 Å². The van der Waals surface area contributed by atoms with E-state index in [4.69, 9.17) is 10.2 Å². The van der Waals surface area contributed by atoms with Crippen LogP contribution in [0.15, 0.2) is 0 Å². The third-order valence-electron chi connectivity index (χ3n) is 2.03. The molecule has 0 bridgehead atoms. The number of rotatable bonds is 9. The molecule has 0 saturated heterocycles. The van der Waals surface area contributed by atoms with E-state index < -0.39 is 11.9 Å². The number of unbranched alkanes of at least 4 members (excludes halogenated alkanes) is 5. The van der Waals surface area contributed by atoms with E-state index in [9.17, 15) is 9.59 Å². The molecule has 0 amide bonds. The van der Waals surface area contributed by atoms with Crippen LogP contribution in [0.1, 0.15) is 51.4 Å². The molecule has 0 aromatic rings. The molecule has 0 rings (SSSR count). The van der Waals surface area contributed by atoms with Gasteiger partial charge in [0.2, 0.25) is 0 Å². The van der Waals surface area contributed by atoms with Gasteiger partial charge in [-0.05, 0) is 12.8 Å². The zero-order valence-corrected chi connectivity index (χ0v) is 8.37. The van der Waals surface area contributed by atoms with Crippen LogP contribution in [-0.2, 0) is 9.59 Å². The van der Waals surface area contributed by atoms with Crippen LogP contribution in [0, 0.1) is 0 Å². The van der Waals surface area contributed by atoms with E-state index in [0.29, 0.717) is 0 Å². The zero-order valence-electron chi connectivity index (χ0n) is 8.37. The first kappa shape index (κ1) is 22.1. The molecule has 0 fully saturated rings. The molecule has 0 radical (unpaired) electrons. The Labute approximate surface area is 141 Å². The van der Waals surface area contributed by atoms with E-state index in [-0.39, 0.29) is 72.0 Å². The van der Waals surface area contributed by atoms with Crippen molar-refractivity contribution in [3.63, 3.8) is 0 Å². The van der Waals surface area contributed by atoms with Crippen LogP contribution >= 0.6 is 0 Å². The summed E-state index contributed by atoms with van der Waals surface area (Å²) in [4.78, 5) is 20.3. The molecule has 0 aromatic heterocycles. The van der Waals surface area contributed by atoms with Gasteiger partial charge in [-0.3, -0.25) is 9.59 Å². The molecule has 0 aromatic carbocycles. The van der Waals surface area contributed by atoms with Gasteiger partial charge in [0.05, 0.1) is 0 Å². The summed E-state index contributed by atoms with van der Waals surface area (Å²) in [6, 6.07) is 0. The number of hydrogen-bond donors (Lipinski definition) is 2. The summed E-state index contributed by atoms with van der Waals surface area (Å²) in [6.07, 6.45) is 5.82. The Hall–Kier alpha value is 0.940. The monoisotopic (exact) mass is 250 g/mol. The number of carbonyl (C=O) groups is 2. The van der Waals surface area contributed by atoms with E-state index in [0.717, 1.165) is 38.5 Å². The molecule has 2 N–H and O–H groups in total. The van der Waals surface area contributed by atoms with Crippen LogP contribution in [0.5, 0.6) is 0 Å². The average Bonchev–Trinajstić information content (AvgIpc) is 2.08. The van der Waals surface area contributed by atoms with Crippen LogP contribution in [0.4, 0.5) is 0 Å². The second kappa shape index (κ2) is 15.9. The molecule has 0 heterocycles. The molecule has 0 aliphatic rings. The van der Waals surface area contributed by atoms with Crippen molar-refractivity contribution in [1.29, 1.82) is 0 Å². The fraction of sp³-hybridized carbons (Fsp3) is 0.800. The van der Waals surface area contributed by atoms with Gasteiger partial charge in [0.15, 0.2) is 0 Å². The molecular weight excluding hydrogens is 230 g/mol. The number of carboxylic acid groups (broad SMARTS) is 2. The molecule has 0 aliphatic heterocycles. The number of hydrogen-bond acceptors (Lipinski definition) is 2. The fourth-order valence-corrected chi connectivity index (χ4v) is 1.26. The number of carboxylic acids is 2. The molecule has 0 saturated carbocycles. The van der Waals surface area contributed by atoms with E-state index in [2.05, 4.69) is 0 Å². The predicted molar refractivity (Wildman–Crippen MR) is 66.5 cm³/mol. The van der Waals surface area contributed by atoms with Gasteiger partial charge in [-0.25, -0.2) is 0 Å². The Morgan fingerprint density at radius 3 is 1.12 bits per heavy atom. The quantitative estimate of drug-likeness (QED) is 0.472. The van der Waals surface area contributed by atoms with Gasteiger partial charge in [0.1, 0.15) is 0 Å². The van der Waals surface area contributed by atoms with Crippen molar-refractivity contribution in [2.45, 2.75) is 51.4 Å². The Balaban J connectivity index is -0.000000845. The molecular formula is C10H20Na2O4. The Morgan fingerprint density at radius 2 is 0.875 bits per heavy atom. The Bertz CT molecular complexity index is 166. The molecule has 0 aliphatic carbocycles. The molecule has 16 heavy (non-hydrogen) atoms. The number of aliphatic carboxylic acids is 2. The Kier molecular flexibility index (Phi) is 22.1. The van der Waals surface area contributed by atoms with Crippen LogP contribution in [0.3, 0.4) is 0 Å². The first-order valence-electron chi connectivity index (χ1n) is 5.06. The third-order valence-corrected chi connectivity index (χ3v) is 2.03. The zero-order chi connectivity index (χ0) is 10.8. The van der Waals surface area contributed by atoms with Gasteiger partial charge in [-0.2, -0.15) is 0 Å². The predicted octanol–water partition coefficient (Wildman–Crippen LogP) is 0.979. The average molecular weight is 250 g/mol. The minimum absolute atomic E-state index is 0. The molecule has 0 atom stereocenters. The van der Waals surface area contributed by atoms with Crippen molar-refractivity contribution >= 4 is 71.1 Å². The van der Waals surface area contributed by atoms with Crippen LogP contribution < -0.4 is 0 Å². The van der Waals surface area contributed by atoms with Crippen molar-refractivity contribution in [2.24, 2.45) is 0 Å². The van der Waals surface area contributed by atoms with Crippen LogP contribution in [-0.4, -0.2) is 81.3 Å². The van der Waals surface area contributed by atoms with Crippen LogP contribution in [0.25, 0.3) is 0 Å². The summed E-state index contributed by atoms with van der Waals surface area (Å²) in [6.45, 7) is 0. The van der Waals surface area contributed by atoms with Gasteiger partial charge in [0.25, 0.3) is 0 Å². The van der Waals surface area contributed by atoms with E-state index in [1.807, 2.05) is 0 Å². The topological polar surface area (TPSA) is 74.6 Å². The normalized spacial score (nSPS) is 8.75. The maximum atomic E-state index is 10.1. The van der Waals surface area contributed by atoms with Crippen molar-refractivity contribution < 1.29 is 19.8 Å². The van der Waals surface area contributed by atoms with Gasteiger partial charge in [-0.1, -0.05) is 25.7 Å². The second-order valence-corrected chi connectivity index (χ2v) is 3.41. The molecule has 86 valence electrons. The Morgan fingerprint density at radius 1 is 0.625 bits per heavy atom. The summed E-state index contributed by atoms with van der Waals surface area (Å²) < 4.78 is 0. The van der Waals surface area contributed by atoms with E-state index >= 15 is 0 Å². The first-order valence-corrected chi connectivity index (χ1v) is 5.06. The molecule has 4 nitrogen and oxygen atoms in total. The van der Waals surface area contributed by atoms with Crippen molar-refractivity contribution in [3.8, 4) is 0 Å². The second-order valence-electron chi connectivity index (χ2n) is 3.41. The van der Waals surface area contributed by atoms with Gasteiger partial charge < -0.3 is 10.2 Å². The first-order chi connectivity index (χ1) is 6.63. The summed E-state index contributed by atoms with van der Waals surface area (Å²) >= 11 is 0. The SMILES string of the molecule is O=C(O)CCCCCCCCC(=O)O.[NaH].[NaH]. The maximum absolute atomic E-state index is 10.1. The van der Waals surface area contributed by atoms with E-state index in [1.54, 1.807) is 0 Å². The molecule has 0 unspecified atom stereocenters. The van der Waals surface area contributed by atoms with E-state index in [1.165, 1.54) is 0 Å². The molecule has 0 spiro atoms. The van der Waals surface area contributed by atoms with Gasteiger partial charge in [-0.15, -0.1) is 0 Å². The van der Waals surface area contributed by atoms with Gasteiger partial charge in [0, 0.05) is 12.8 Å². The van der Waals surface area contributed by atoms with Crippen molar-refractivity contribution in [3.05, 3.63) is 0 Å². The molecule has 6 heteroatoms. The summed E-state index contributed by atoms with van der Waals surface area (Å²) in [5.74, 6) is -1.48. The van der Waals surface area contributed by atoms with Crippen molar-refractivity contribution in [1.82, 2.24) is 0 Å². The summed E-state index contributed by atoms with van der Waals surface area (Å²) in [5.41, 5.74) is 0. The van der Waals surface area contributed by atoms with Crippen molar-refractivity contribution in [2.75, 3.05) is 0 Å². The van der Waals surface area contributed by atoms with Crippen LogP contribution in [0.2, 0.25) is 0 Å². The standard InChI is InChI=1S/C10H18O4.2Na.2H/c11-9(12)7-5-3-1-2-4-6-8-10(13)14;;;;/h1-8H2,(H,11,12)(H,13,14);;;;. The third kappa shape index (κ3) is 20.4. The summed E-state index contributed by atoms with van der Waals surface area (Å²) in [5, 5.41) is 16.7. The fourth-order valence-electron chi connectivity index (χ4n) is 1.26. The minimum atomic E-state index is -0.740. The summed E-state index contributed by atoms with van der Waals surface area (Å²) in [7, 11) is 0.